The highest BCUT2D eigenvalue weighted by atomic mass is 32.2. The van der Waals surface area contributed by atoms with Gasteiger partial charge in [-0.2, -0.15) is 0 Å². The zero-order chi connectivity index (χ0) is 24.4. The van der Waals surface area contributed by atoms with Gasteiger partial charge in [-0.15, -0.1) is 0 Å². The van der Waals surface area contributed by atoms with Crippen molar-refractivity contribution in [1.29, 1.82) is 0 Å². The first-order valence-electron chi connectivity index (χ1n) is 9.76. The second-order valence-corrected chi connectivity index (χ2v) is 7.95. The Balaban J connectivity index is 2.17. The topological polar surface area (TPSA) is 124 Å². The van der Waals surface area contributed by atoms with Crippen LogP contribution in [-0.4, -0.2) is 50.0 Å². The molecule has 0 amide bonds. The van der Waals surface area contributed by atoms with E-state index in [4.69, 9.17) is 28.8 Å². The van der Waals surface area contributed by atoms with E-state index in [0.717, 1.165) is 0 Å². The van der Waals surface area contributed by atoms with Crippen LogP contribution < -0.4 is 23.7 Å². The van der Waals surface area contributed by atoms with Crippen LogP contribution in [0, 0.1) is 0 Å². The molecule has 1 N–H and O–H groups in total. The minimum absolute atomic E-state index is 0.130. The highest BCUT2D eigenvalue weighted by Crippen LogP contribution is 2.35. The second kappa shape index (κ2) is 12.6. The van der Waals surface area contributed by atoms with Gasteiger partial charge in [0.25, 0.3) is 0 Å². The number of rotatable bonds is 12. The maximum absolute atomic E-state index is 12.7. The number of carboxylic acid groups (broad SMARTS) is 1. The lowest BCUT2D eigenvalue weighted by molar-refractivity contribution is -0.142. The molecule has 2 aromatic carbocycles. The Kier molecular flexibility index (Phi) is 9.89. The molecule has 0 aliphatic carbocycles. The van der Waals surface area contributed by atoms with Gasteiger partial charge in [0.15, 0.2) is 11.5 Å². The van der Waals surface area contributed by atoms with Crippen LogP contribution in [0.2, 0.25) is 0 Å². The summed E-state index contributed by atoms with van der Waals surface area (Å²) in [5, 5.41) is 10.2. The number of carbonyl (C=O) groups excluding carboxylic acids is 1. The first-order chi connectivity index (χ1) is 15.8. The first kappa shape index (κ1) is 25.9. The molecule has 2 aromatic rings. The van der Waals surface area contributed by atoms with Crippen LogP contribution in [0.5, 0.6) is 28.7 Å². The summed E-state index contributed by atoms with van der Waals surface area (Å²) in [4.78, 5) is 22.5. The Morgan fingerprint density at radius 2 is 1.55 bits per heavy atom. The van der Waals surface area contributed by atoms with Crippen molar-refractivity contribution in [3.8, 4) is 28.7 Å². The van der Waals surface area contributed by atoms with Crippen LogP contribution in [0.15, 0.2) is 35.7 Å². The molecule has 10 heteroatoms. The molecule has 0 saturated heterocycles. The molecule has 1 unspecified atom stereocenters. The molecule has 0 saturated carbocycles. The van der Waals surface area contributed by atoms with Crippen LogP contribution in [0.3, 0.4) is 0 Å². The molecule has 178 valence electrons. The predicted octanol–water partition coefficient (Wildman–Crippen LogP) is 3.41. The summed E-state index contributed by atoms with van der Waals surface area (Å²) in [5.41, 5.74) is 1.24. The molecule has 0 aliphatic heterocycles. The van der Waals surface area contributed by atoms with Crippen LogP contribution in [0.25, 0.3) is 6.08 Å². The molecular weight excluding hydrogens is 452 g/mol. The smallest absolute Gasteiger partial charge is 0.311 e. The van der Waals surface area contributed by atoms with E-state index in [-0.39, 0.29) is 24.3 Å². The van der Waals surface area contributed by atoms with Crippen molar-refractivity contribution in [3.05, 3.63) is 46.9 Å². The average Bonchev–Trinajstić information content (AvgIpc) is 2.81. The van der Waals surface area contributed by atoms with E-state index in [1.165, 1.54) is 39.9 Å². The van der Waals surface area contributed by atoms with Gasteiger partial charge in [0.2, 0.25) is 0 Å². The third-order valence-electron chi connectivity index (χ3n) is 4.44. The Labute approximate surface area is 195 Å². The van der Waals surface area contributed by atoms with Crippen molar-refractivity contribution in [3.63, 3.8) is 0 Å². The lowest BCUT2D eigenvalue weighted by atomic mass is 10.1. The maximum atomic E-state index is 12.7. The van der Waals surface area contributed by atoms with Crippen molar-refractivity contribution in [2.75, 3.05) is 28.4 Å². The molecular formula is C23H26O9S. The summed E-state index contributed by atoms with van der Waals surface area (Å²) in [6, 6.07) is 8.22. The van der Waals surface area contributed by atoms with E-state index >= 15 is 0 Å². The molecule has 9 nitrogen and oxygen atoms in total. The molecule has 0 heterocycles. The lowest BCUT2D eigenvalue weighted by Gasteiger charge is -2.13. The van der Waals surface area contributed by atoms with Crippen LogP contribution >= 0.6 is 0 Å². The van der Waals surface area contributed by atoms with Crippen molar-refractivity contribution in [1.82, 2.24) is 0 Å². The molecule has 0 spiro atoms. The van der Waals surface area contributed by atoms with Crippen LogP contribution in [0.1, 0.15) is 24.0 Å². The fraction of sp³-hybridized carbons (Fsp3) is 0.304. The molecule has 0 bridgehead atoms. The van der Waals surface area contributed by atoms with Crippen LogP contribution in [0.4, 0.5) is 0 Å². The number of ether oxygens (including phenoxy) is 5. The summed E-state index contributed by atoms with van der Waals surface area (Å²) in [6.45, 7) is 0. The number of aliphatic carboxylic acids is 1. The van der Waals surface area contributed by atoms with Crippen molar-refractivity contribution >= 4 is 29.2 Å². The Bertz CT molecular complexity index is 978. The van der Waals surface area contributed by atoms with E-state index in [2.05, 4.69) is 0 Å². The van der Waals surface area contributed by atoms with E-state index in [0.29, 0.717) is 34.1 Å². The highest BCUT2D eigenvalue weighted by molar-refractivity contribution is 7.93. The second-order valence-electron chi connectivity index (χ2n) is 6.63. The zero-order valence-corrected chi connectivity index (χ0v) is 19.6. The van der Waals surface area contributed by atoms with Gasteiger partial charge in [0.1, 0.15) is 28.4 Å². The third-order valence-corrected chi connectivity index (χ3v) is 5.50. The first-order valence-corrected chi connectivity index (χ1v) is 11.1. The average molecular weight is 479 g/mol. The minimum Gasteiger partial charge on any atom is -0.612 e. The fourth-order valence-electron chi connectivity index (χ4n) is 2.83. The molecule has 2 rings (SSSR count). The Hall–Kier alpha value is -3.37. The predicted molar refractivity (Wildman–Crippen MR) is 122 cm³/mol. The van der Waals surface area contributed by atoms with Gasteiger partial charge in [-0.25, -0.2) is 0 Å². The molecule has 33 heavy (non-hydrogen) atoms. The van der Waals surface area contributed by atoms with Crippen molar-refractivity contribution < 1.29 is 42.9 Å². The SMILES string of the molecule is COc1cc(OC)c(/C=C/[S+]([O-])Cc2ccc(OC)c(OC(=O)CCC(=O)O)c2)c(OC)c1. The monoisotopic (exact) mass is 478 g/mol. The third kappa shape index (κ3) is 7.62. The van der Waals surface area contributed by atoms with Crippen LogP contribution in [-0.2, 0) is 26.5 Å². The number of carboxylic acids is 1. The van der Waals surface area contributed by atoms with Gasteiger partial charge in [-0.1, -0.05) is 6.07 Å². The number of esters is 1. The normalized spacial score (nSPS) is 11.7. The number of hydrogen-bond acceptors (Lipinski definition) is 8. The zero-order valence-electron chi connectivity index (χ0n) is 18.8. The summed E-state index contributed by atoms with van der Waals surface area (Å²) in [5.74, 6) is 0.333. The summed E-state index contributed by atoms with van der Waals surface area (Å²) in [6.07, 6.45) is 1.03. The lowest BCUT2D eigenvalue weighted by Crippen LogP contribution is -2.11. The number of hydrogen-bond donors (Lipinski definition) is 1. The van der Waals surface area contributed by atoms with E-state index in [1.54, 1.807) is 30.3 Å². The van der Waals surface area contributed by atoms with Crippen molar-refractivity contribution in [2.45, 2.75) is 18.6 Å². The number of methoxy groups -OCH3 is 4. The highest BCUT2D eigenvalue weighted by Gasteiger charge is 2.16. The largest absolute Gasteiger partial charge is 0.612 e. The quantitative estimate of drug-likeness (QED) is 0.278. The summed E-state index contributed by atoms with van der Waals surface area (Å²) < 4.78 is 39.1. The summed E-state index contributed by atoms with van der Waals surface area (Å²) in [7, 11) is 5.98. The fourth-order valence-corrected chi connectivity index (χ4v) is 3.72. The maximum Gasteiger partial charge on any atom is 0.311 e. The van der Waals surface area contributed by atoms with E-state index in [1.807, 2.05) is 0 Å². The number of benzene rings is 2. The van der Waals surface area contributed by atoms with Gasteiger partial charge < -0.3 is 33.3 Å². The molecule has 1 atom stereocenters. The molecule has 0 fully saturated rings. The number of carbonyl (C=O) groups is 2. The van der Waals surface area contributed by atoms with E-state index in [9.17, 15) is 14.1 Å². The van der Waals surface area contributed by atoms with E-state index < -0.39 is 23.1 Å². The van der Waals surface area contributed by atoms with Gasteiger partial charge >= 0.3 is 11.9 Å². The van der Waals surface area contributed by atoms with Gasteiger partial charge in [-0.05, 0) is 23.3 Å². The Morgan fingerprint density at radius 3 is 2.09 bits per heavy atom. The van der Waals surface area contributed by atoms with Gasteiger partial charge in [-0.3, -0.25) is 9.59 Å². The molecule has 0 aliphatic rings. The molecule has 0 aromatic heterocycles. The van der Waals surface area contributed by atoms with Gasteiger partial charge in [0, 0.05) is 23.8 Å². The Morgan fingerprint density at radius 1 is 0.909 bits per heavy atom. The van der Waals surface area contributed by atoms with Gasteiger partial charge in [0.05, 0.1) is 46.8 Å². The standard InChI is InChI=1S/C23H26O9S/c1-28-16-12-19(30-3)17(20(13-16)31-4)9-10-33(27)14-15-5-6-18(29-2)21(11-15)32-23(26)8-7-22(24)25/h5-6,9-13H,7-8,14H2,1-4H3,(H,24,25)/b10-9+. The minimum atomic E-state index is -1.42. The molecule has 0 radical (unpaired) electrons. The summed E-state index contributed by atoms with van der Waals surface area (Å²) >= 11 is -1.42. The van der Waals surface area contributed by atoms with Crippen molar-refractivity contribution in [2.24, 2.45) is 0 Å².